The first-order valence-electron chi connectivity index (χ1n) is 14.0. The van der Waals surface area contributed by atoms with Gasteiger partial charge in [0.05, 0.1) is 11.0 Å². The van der Waals surface area contributed by atoms with Crippen LogP contribution >= 0.6 is 0 Å². The van der Waals surface area contributed by atoms with Gasteiger partial charge < -0.3 is 4.40 Å². The minimum Gasteiger partial charge on any atom is -0.312 e. The molecule has 39 heavy (non-hydrogen) atoms. The lowest BCUT2D eigenvalue weighted by molar-refractivity contribution is 0.567. The molecular weight excluding hydrogens is 470 g/mol. The summed E-state index contributed by atoms with van der Waals surface area (Å²) >= 11 is 0. The van der Waals surface area contributed by atoms with Crippen molar-refractivity contribution >= 4 is 91.8 Å². The van der Waals surface area contributed by atoms with Gasteiger partial charge in [0.25, 0.3) is 0 Å². The molecule has 0 amide bonds. The molecule has 2 heterocycles. The lowest BCUT2D eigenvalue weighted by Crippen LogP contribution is -2.13. The van der Waals surface area contributed by atoms with Gasteiger partial charge in [-0.1, -0.05) is 93.6 Å². The third kappa shape index (κ3) is 2.23. The summed E-state index contributed by atoms with van der Waals surface area (Å²) in [6, 6.07) is 37.0. The van der Waals surface area contributed by atoms with E-state index >= 15 is 0 Å². The fraction of sp³-hybridized carbons (Fsp3) is 0.105. The van der Waals surface area contributed by atoms with E-state index in [-0.39, 0.29) is 5.41 Å². The standard InChI is InChI=1S/C38H25N/c1-38(2,3)33-19-31-36-25-15-7-11-21-10-6-14-24(35(21)25)29(36)17-30-28-16-26-22-12-4-8-20-9-5-13-23(34(20)22)27(26)18-32(28)39(33)37(30)31/h4-19H,1-3H3. The SMILES string of the molecule is CC(C)(C)c1cc2c3c(cc4c5cc6c(cc5n1c42)c1cccc2cccc6c21)c1cccc2cccc3c21. The van der Waals surface area contributed by atoms with Crippen molar-refractivity contribution in [2.45, 2.75) is 26.2 Å². The second-order valence-electron chi connectivity index (χ2n) is 12.6. The van der Waals surface area contributed by atoms with Crippen LogP contribution in [0.3, 0.4) is 0 Å². The average molecular weight is 496 g/mol. The molecule has 1 heteroatoms. The van der Waals surface area contributed by atoms with E-state index in [4.69, 9.17) is 0 Å². The first-order valence-corrected chi connectivity index (χ1v) is 14.0. The van der Waals surface area contributed by atoms with Gasteiger partial charge in [0, 0.05) is 27.3 Å². The Labute approximate surface area is 224 Å². The van der Waals surface area contributed by atoms with Crippen LogP contribution in [0.5, 0.6) is 0 Å². The third-order valence-electron chi connectivity index (χ3n) is 9.47. The van der Waals surface area contributed by atoms with E-state index in [1.807, 2.05) is 0 Å². The monoisotopic (exact) mass is 495 g/mol. The number of fused-ring (bicyclic) bond motifs is 10. The second-order valence-corrected chi connectivity index (χ2v) is 12.6. The molecule has 182 valence electrons. The van der Waals surface area contributed by atoms with E-state index in [0.717, 1.165) is 0 Å². The van der Waals surface area contributed by atoms with Gasteiger partial charge in [-0.3, -0.25) is 0 Å². The summed E-state index contributed by atoms with van der Waals surface area (Å²) < 4.78 is 2.59. The van der Waals surface area contributed by atoms with Crippen LogP contribution in [0.15, 0.2) is 97.1 Å². The number of rotatable bonds is 0. The van der Waals surface area contributed by atoms with Crippen LogP contribution in [0.4, 0.5) is 0 Å². The molecule has 0 aliphatic heterocycles. The summed E-state index contributed by atoms with van der Waals surface area (Å²) in [5, 5.41) is 20.5. The van der Waals surface area contributed by atoms with Crippen molar-refractivity contribution in [2.75, 3.05) is 0 Å². The summed E-state index contributed by atoms with van der Waals surface area (Å²) in [7, 11) is 0. The van der Waals surface area contributed by atoms with Crippen LogP contribution in [-0.2, 0) is 5.41 Å². The molecule has 0 N–H and O–H groups in total. The molecule has 0 spiro atoms. The highest BCUT2D eigenvalue weighted by Gasteiger charge is 2.27. The van der Waals surface area contributed by atoms with Crippen molar-refractivity contribution in [2.24, 2.45) is 0 Å². The molecule has 8 aromatic carbocycles. The minimum atomic E-state index is 0.00421. The molecule has 0 radical (unpaired) electrons. The van der Waals surface area contributed by atoms with E-state index < -0.39 is 0 Å². The fourth-order valence-corrected chi connectivity index (χ4v) is 7.90. The van der Waals surface area contributed by atoms with Crippen molar-refractivity contribution in [3.63, 3.8) is 0 Å². The zero-order valence-electron chi connectivity index (χ0n) is 22.2. The molecule has 0 saturated carbocycles. The zero-order valence-corrected chi connectivity index (χ0v) is 22.2. The maximum atomic E-state index is 2.59. The Bertz CT molecular complexity index is 2610. The summed E-state index contributed by atoms with van der Waals surface area (Å²) in [5.41, 5.74) is 4.07. The van der Waals surface area contributed by atoms with E-state index in [9.17, 15) is 0 Å². The molecule has 0 aliphatic carbocycles. The lowest BCUT2D eigenvalue weighted by atomic mass is 9.91. The highest BCUT2D eigenvalue weighted by atomic mass is 14.9. The molecule has 0 unspecified atom stereocenters. The smallest absolute Gasteiger partial charge is 0.0617 e. The predicted octanol–water partition coefficient (Wildman–Crippen LogP) is 10.8. The van der Waals surface area contributed by atoms with Gasteiger partial charge in [-0.15, -0.1) is 0 Å². The fourth-order valence-electron chi connectivity index (χ4n) is 7.90. The van der Waals surface area contributed by atoms with E-state index in [1.165, 1.54) is 97.5 Å². The van der Waals surface area contributed by atoms with Crippen LogP contribution in [0.1, 0.15) is 26.5 Å². The van der Waals surface area contributed by atoms with Gasteiger partial charge in [0.2, 0.25) is 0 Å². The molecule has 0 bridgehead atoms. The molecule has 1 nitrogen and oxygen atoms in total. The zero-order chi connectivity index (χ0) is 25.8. The number of hydrogen-bond acceptors (Lipinski definition) is 0. The van der Waals surface area contributed by atoms with Gasteiger partial charge in [0.1, 0.15) is 0 Å². The molecule has 10 rings (SSSR count). The summed E-state index contributed by atoms with van der Waals surface area (Å²) in [4.78, 5) is 0. The number of aromatic nitrogens is 1. The first-order chi connectivity index (χ1) is 19.0. The highest BCUT2D eigenvalue weighted by Crippen LogP contribution is 2.49. The van der Waals surface area contributed by atoms with Gasteiger partial charge in [-0.2, -0.15) is 0 Å². The molecule has 0 fully saturated rings. The van der Waals surface area contributed by atoms with Crippen molar-refractivity contribution in [1.82, 2.24) is 4.40 Å². The normalized spacial score (nSPS) is 13.5. The quantitative estimate of drug-likeness (QED) is 0.197. The van der Waals surface area contributed by atoms with E-state index in [1.54, 1.807) is 0 Å². The van der Waals surface area contributed by atoms with Gasteiger partial charge in [0.15, 0.2) is 0 Å². The number of benzene rings is 6. The maximum Gasteiger partial charge on any atom is 0.0617 e. The summed E-state index contributed by atoms with van der Waals surface area (Å²) in [5.74, 6) is 0. The topological polar surface area (TPSA) is 4.41 Å². The summed E-state index contributed by atoms with van der Waals surface area (Å²) in [6.45, 7) is 7.05. The average Bonchev–Trinajstić information content (AvgIpc) is 3.66. The minimum absolute atomic E-state index is 0.00421. The largest absolute Gasteiger partial charge is 0.312 e. The van der Waals surface area contributed by atoms with Gasteiger partial charge in [-0.25, -0.2) is 0 Å². The predicted molar refractivity (Wildman–Crippen MR) is 170 cm³/mol. The van der Waals surface area contributed by atoms with Crippen LogP contribution in [-0.4, -0.2) is 4.40 Å². The third-order valence-corrected chi connectivity index (χ3v) is 9.47. The van der Waals surface area contributed by atoms with Crippen LogP contribution < -0.4 is 0 Å². The Balaban J connectivity index is 1.52. The number of nitrogens with zero attached hydrogens (tertiary/aromatic N) is 1. The van der Waals surface area contributed by atoms with Gasteiger partial charge >= 0.3 is 0 Å². The lowest BCUT2D eigenvalue weighted by Gasteiger charge is -2.18. The van der Waals surface area contributed by atoms with E-state index in [0.29, 0.717) is 0 Å². The van der Waals surface area contributed by atoms with Crippen molar-refractivity contribution in [3.05, 3.63) is 103 Å². The maximum absolute atomic E-state index is 2.59. The molecule has 10 aromatic rings. The first kappa shape index (κ1) is 20.4. The molecule has 0 atom stereocenters. The Morgan fingerprint density at radius 2 is 0.974 bits per heavy atom. The molecule has 2 aromatic heterocycles. The highest BCUT2D eigenvalue weighted by molar-refractivity contribution is 6.40. The van der Waals surface area contributed by atoms with Gasteiger partial charge in [-0.05, 0) is 88.9 Å². The Hall–Kier alpha value is -4.62. The Morgan fingerprint density at radius 3 is 1.62 bits per heavy atom. The molecule has 0 aliphatic rings. The van der Waals surface area contributed by atoms with Crippen LogP contribution in [0.2, 0.25) is 0 Å². The van der Waals surface area contributed by atoms with Crippen molar-refractivity contribution in [3.8, 4) is 0 Å². The van der Waals surface area contributed by atoms with Crippen LogP contribution in [0.25, 0.3) is 91.8 Å². The molecular formula is C38H25N. The Morgan fingerprint density at radius 1 is 0.436 bits per heavy atom. The van der Waals surface area contributed by atoms with Crippen molar-refractivity contribution < 1.29 is 0 Å². The van der Waals surface area contributed by atoms with E-state index in [2.05, 4.69) is 122 Å². The molecule has 0 saturated heterocycles. The number of hydrogen-bond donors (Lipinski definition) is 0. The second kappa shape index (κ2) is 6.33. The summed E-state index contributed by atoms with van der Waals surface area (Å²) in [6.07, 6.45) is 0. The Kier molecular flexibility index (Phi) is 3.30. The van der Waals surface area contributed by atoms with Crippen molar-refractivity contribution in [1.29, 1.82) is 0 Å². The van der Waals surface area contributed by atoms with Crippen LogP contribution in [0, 0.1) is 0 Å².